The second-order valence-electron chi connectivity index (χ2n) is 9.89. The molecule has 10 heteroatoms. The number of nitrogens with zero attached hydrogens (tertiary/aromatic N) is 2. The zero-order valence-electron chi connectivity index (χ0n) is 22.1. The number of hydrogen-bond donors (Lipinski definition) is 3. The van der Waals surface area contributed by atoms with Gasteiger partial charge < -0.3 is 19.7 Å². The van der Waals surface area contributed by atoms with E-state index in [1.165, 1.54) is 0 Å². The van der Waals surface area contributed by atoms with Crippen molar-refractivity contribution >= 4 is 23.8 Å². The van der Waals surface area contributed by atoms with Crippen molar-refractivity contribution < 1.29 is 24.2 Å². The lowest BCUT2D eigenvalue weighted by Gasteiger charge is -2.19. The summed E-state index contributed by atoms with van der Waals surface area (Å²) in [5.74, 6) is -1.49. The fourth-order valence-corrected chi connectivity index (χ4v) is 3.86. The molecule has 0 saturated heterocycles. The molecule has 200 valence electrons. The lowest BCUT2D eigenvalue weighted by molar-refractivity contribution is -0.121. The minimum atomic E-state index is -1.34. The van der Waals surface area contributed by atoms with Gasteiger partial charge in [-0.2, -0.15) is 0 Å². The average molecular weight is 521 g/mol. The number of carbonyl (C=O) groups is 3. The van der Waals surface area contributed by atoms with Gasteiger partial charge >= 0.3 is 12.1 Å². The molecule has 0 aliphatic carbocycles. The van der Waals surface area contributed by atoms with Crippen molar-refractivity contribution in [3.05, 3.63) is 92.5 Å². The van der Waals surface area contributed by atoms with Crippen LogP contribution in [0.15, 0.2) is 53.3 Å². The lowest BCUT2D eigenvalue weighted by Crippen LogP contribution is -2.36. The highest BCUT2D eigenvalue weighted by Gasteiger charge is 2.21. The molecule has 1 aromatic carbocycles. The molecule has 3 aromatic rings. The van der Waals surface area contributed by atoms with E-state index in [0.29, 0.717) is 28.3 Å². The zero-order valence-corrected chi connectivity index (χ0v) is 22.1. The Balaban J connectivity index is 1.70. The van der Waals surface area contributed by atoms with E-state index in [2.05, 4.69) is 15.6 Å². The van der Waals surface area contributed by atoms with Crippen LogP contribution in [0.25, 0.3) is 0 Å². The molecule has 0 saturated carbocycles. The number of hydrogen-bond acceptors (Lipinski definition) is 6. The van der Waals surface area contributed by atoms with E-state index in [-0.39, 0.29) is 25.1 Å². The van der Waals surface area contributed by atoms with E-state index in [1.54, 1.807) is 52.8 Å². The average Bonchev–Trinajstić information content (AvgIpc) is 2.80. The van der Waals surface area contributed by atoms with E-state index in [1.807, 2.05) is 30.3 Å². The molecule has 2 heterocycles. The highest BCUT2D eigenvalue weighted by atomic mass is 16.6. The highest BCUT2D eigenvalue weighted by molar-refractivity contribution is 5.89. The monoisotopic (exact) mass is 520 g/mol. The molecule has 0 atom stereocenters. The number of ether oxygens (including phenoxy) is 1. The first-order chi connectivity index (χ1) is 17.8. The molecule has 0 aliphatic heterocycles. The van der Waals surface area contributed by atoms with Crippen molar-refractivity contribution in [1.29, 1.82) is 0 Å². The van der Waals surface area contributed by atoms with Crippen LogP contribution in [0, 0.1) is 13.8 Å². The van der Waals surface area contributed by atoms with Crippen molar-refractivity contribution in [2.24, 2.45) is 0 Å². The molecule has 0 unspecified atom stereocenters. The Morgan fingerprint density at radius 3 is 2.32 bits per heavy atom. The summed E-state index contributed by atoms with van der Waals surface area (Å²) in [7, 11) is 0. The van der Waals surface area contributed by atoms with Crippen molar-refractivity contribution in [2.45, 2.75) is 59.7 Å². The van der Waals surface area contributed by atoms with Crippen LogP contribution < -0.4 is 16.2 Å². The van der Waals surface area contributed by atoms with Gasteiger partial charge in [-0.1, -0.05) is 36.4 Å². The number of carboxylic acids is 1. The molecule has 0 radical (unpaired) electrons. The van der Waals surface area contributed by atoms with E-state index in [9.17, 15) is 24.3 Å². The van der Waals surface area contributed by atoms with Crippen LogP contribution in [-0.2, 0) is 29.0 Å². The zero-order chi connectivity index (χ0) is 28.0. The van der Waals surface area contributed by atoms with Gasteiger partial charge in [-0.25, -0.2) is 14.6 Å². The molecule has 0 aliphatic rings. The molecule has 3 N–H and O–H groups in total. The molecule has 3 rings (SSSR count). The smallest absolute Gasteiger partial charge is 0.413 e. The fraction of sp³-hybridized carbons (Fsp3) is 0.321. The Morgan fingerprint density at radius 2 is 1.71 bits per heavy atom. The van der Waals surface area contributed by atoms with Gasteiger partial charge in [0.25, 0.3) is 5.56 Å². The van der Waals surface area contributed by atoms with Gasteiger partial charge in [-0.05, 0) is 69.9 Å². The Bertz CT molecular complexity index is 1410. The van der Waals surface area contributed by atoms with Crippen LogP contribution in [0.4, 0.5) is 10.6 Å². The van der Waals surface area contributed by atoms with E-state index in [4.69, 9.17) is 4.74 Å². The largest absolute Gasteiger partial charge is 0.477 e. The van der Waals surface area contributed by atoms with Crippen molar-refractivity contribution in [3.8, 4) is 0 Å². The maximum Gasteiger partial charge on any atom is 0.413 e. The van der Waals surface area contributed by atoms with Gasteiger partial charge in [-0.15, -0.1) is 0 Å². The number of carbonyl (C=O) groups excluding carboxylic acids is 2. The first-order valence-corrected chi connectivity index (χ1v) is 12.1. The number of pyridine rings is 2. The van der Waals surface area contributed by atoms with Crippen molar-refractivity contribution in [1.82, 2.24) is 14.9 Å². The Morgan fingerprint density at radius 1 is 1.03 bits per heavy atom. The minimum absolute atomic E-state index is 0.135. The summed E-state index contributed by atoms with van der Waals surface area (Å²) >= 11 is 0. The van der Waals surface area contributed by atoms with Crippen LogP contribution in [0.3, 0.4) is 0 Å². The number of anilines is 1. The van der Waals surface area contributed by atoms with E-state index >= 15 is 0 Å². The second-order valence-corrected chi connectivity index (χ2v) is 9.89. The third kappa shape index (κ3) is 7.52. The lowest BCUT2D eigenvalue weighted by atomic mass is 10.00. The summed E-state index contributed by atoms with van der Waals surface area (Å²) in [5, 5.41) is 15.0. The topological polar surface area (TPSA) is 140 Å². The molecule has 38 heavy (non-hydrogen) atoms. The molecule has 2 amide bonds. The Kier molecular flexibility index (Phi) is 8.67. The van der Waals surface area contributed by atoms with Gasteiger partial charge in [-0.3, -0.25) is 14.9 Å². The SMILES string of the molecule is Cc1nc(NC(=O)OC(C)(C)C)ccc1CNC(=O)Cn1c(C)cc(Cc2ccccc2)c(C(=O)O)c1=O. The third-order valence-corrected chi connectivity index (χ3v) is 5.64. The molecule has 0 spiro atoms. The maximum atomic E-state index is 13.1. The van der Waals surface area contributed by atoms with Crippen LogP contribution in [0.1, 0.15) is 59.2 Å². The van der Waals surface area contributed by atoms with Crippen LogP contribution in [0.2, 0.25) is 0 Å². The predicted molar refractivity (Wildman–Crippen MR) is 142 cm³/mol. The number of aromatic carboxylic acids is 1. The van der Waals surface area contributed by atoms with Gasteiger partial charge in [0.1, 0.15) is 23.5 Å². The highest BCUT2D eigenvalue weighted by Crippen LogP contribution is 2.15. The first-order valence-electron chi connectivity index (χ1n) is 12.1. The Labute approximate surface area is 220 Å². The minimum Gasteiger partial charge on any atom is -0.477 e. The quantitative estimate of drug-likeness (QED) is 0.410. The second kappa shape index (κ2) is 11.7. The fourth-order valence-electron chi connectivity index (χ4n) is 3.86. The summed E-state index contributed by atoms with van der Waals surface area (Å²) in [6.07, 6.45) is -0.335. The third-order valence-electron chi connectivity index (χ3n) is 5.64. The molecule has 10 nitrogen and oxygen atoms in total. The summed E-state index contributed by atoms with van der Waals surface area (Å²) < 4.78 is 6.37. The number of nitrogens with one attached hydrogen (secondary N) is 2. The molecule has 0 bridgehead atoms. The Hall–Kier alpha value is -4.47. The number of aromatic nitrogens is 2. The first kappa shape index (κ1) is 28.1. The molecular weight excluding hydrogens is 488 g/mol. The molecule has 2 aromatic heterocycles. The van der Waals surface area contributed by atoms with Crippen LogP contribution >= 0.6 is 0 Å². The number of amides is 2. The van der Waals surface area contributed by atoms with Crippen molar-refractivity contribution in [3.63, 3.8) is 0 Å². The predicted octanol–water partition coefficient (Wildman–Crippen LogP) is 3.81. The summed E-state index contributed by atoms with van der Waals surface area (Å²) in [6, 6.07) is 14.2. The number of aryl methyl sites for hydroxylation is 2. The molecule has 0 fully saturated rings. The summed E-state index contributed by atoms with van der Waals surface area (Å²) in [5.41, 5.74) is 1.33. The standard InChI is InChI=1S/C28H32N4O6/c1-17-13-21(14-19-9-7-6-8-10-19)24(26(35)36)25(34)32(17)16-23(33)29-15-20-11-12-22(30-18(20)2)31-27(37)38-28(3,4)5/h6-13H,14-16H2,1-5H3,(H,29,33)(H,35,36)(H,30,31,37). The summed E-state index contributed by atoms with van der Waals surface area (Å²) in [6.45, 7) is 8.48. The van der Waals surface area contributed by atoms with Gasteiger partial charge in [0.2, 0.25) is 5.91 Å². The van der Waals surface area contributed by atoms with Crippen LogP contribution in [-0.4, -0.2) is 38.2 Å². The number of benzene rings is 1. The van der Waals surface area contributed by atoms with E-state index in [0.717, 1.165) is 10.1 Å². The van der Waals surface area contributed by atoms with Gasteiger partial charge in [0.05, 0.1) is 0 Å². The number of rotatable bonds is 8. The van der Waals surface area contributed by atoms with Crippen LogP contribution in [0.5, 0.6) is 0 Å². The number of carboxylic acid groups (broad SMARTS) is 1. The summed E-state index contributed by atoms with van der Waals surface area (Å²) in [4.78, 5) is 54.0. The van der Waals surface area contributed by atoms with Gasteiger partial charge in [0.15, 0.2) is 0 Å². The van der Waals surface area contributed by atoms with Gasteiger partial charge in [0, 0.05) is 17.9 Å². The van der Waals surface area contributed by atoms with E-state index < -0.39 is 29.1 Å². The maximum absolute atomic E-state index is 13.1. The van der Waals surface area contributed by atoms with Crippen molar-refractivity contribution in [2.75, 3.05) is 5.32 Å². The molecular formula is C28H32N4O6. The normalized spacial score (nSPS) is 11.1.